The lowest BCUT2D eigenvalue weighted by atomic mass is 10.0. The van der Waals surface area contributed by atoms with Gasteiger partial charge in [-0.3, -0.25) is 57.5 Å². The summed E-state index contributed by atoms with van der Waals surface area (Å²) in [6.07, 6.45) is 4.96. The van der Waals surface area contributed by atoms with E-state index in [1.165, 1.54) is 41.5 Å². The van der Waals surface area contributed by atoms with E-state index >= 15 is 0 Å². The number of carbonyl (C=O) groups excluding carboxylic acids is 13. The zero-order valence-electron chi connectivity index (χ0n) is 89.8. The summed E-state index contributed by atoms with van der Waals surface area (Å²) >= 11 is 0. The smallest absolute Gasteiger partial charge is 0.347 e. The van der Waals surface area contributed by atoms with Gasteiger partial charge in [0.25, 0.3) is 47.3 Å². The molecule has 0 aliphatic carbocycles. The molecule has 8 amide bonds. The van der Waals surface area contributed by atoms with Crippen molar-refractivity contribution in [3.8, 4) is 23.0 Å². The van der Waals surface area contributed by atoms with Gasteiger partial charge in [-0.25, -0.2) is 4.79 Å². The molecule has 0 saturated carbocycles. The van der Waals surface area contributed by atoms with Gasteiger partial charge in [0.2, 0.25) is 0 Å². The molecule has 4 aromatic heterocycles. The lowest BCUT2D eigenvalue weighted by Gasteiger charge is -2.18. The fourth-order valence-electron chi connectivity index (χ4n) is 17.0. The molecule has 4 aliphatic rings. The quantitative estimate of drug-likeness (QED) is 0.00957. The number of nitrogens with one attached hydrogen (secondary N) is 12. The molecule has 0 fully saturated rings. The Balaban J connectivity index is 0.000000219. The van der Waals surface area contributed by atoms with Crippen LogP contribution in [-0.4, -0.2) is 292 Å². The van der Waals surface area contributed by atoms with E-state index in [9.17, 15) is 62.3 Å². The number of ether oxygens (including phenoxy) is 8. The Morgan fingerprint density at radius 1 is 0.345 bits per heavy atom. The number of esters is 1. The first-order valence-corrected chi connectivity index (χ1v) is 50.6. The summed E-state index contributed by atoms with van der Waals surface area (Å²) in [4.78, 5) is 181. The minimum absolute atomic E-state index is 0.0398. The largest absolute Gasteiger partial charge is 0.491 e. The lowest BCUT2D eigenvalue weighted by Crippen LogP contribution is -2.35. The second-order valence-electron chi connectivity index (χ2n) is 36.5. The Labute approximate surface area is 866 Å². The average molecular weight is 2040 g/mol. The summed E-state index contributed by atoms with van der Waals surface area (Å²) in [6, 6.07) is 21.1. The molecule has 0 radical (unpaired) electrons. The molecule has 37 nitrogen and oxygen atoms in total. The van der Waals surface area contributed by atoms with E-state index in [4.69, 9.17) is 37.9 Å². The van der Waals surface area contributed by atoms with E-state index in [1.807, 2.05) is 68.4 Å². The molecular weight excluding hydrogens is 1890 g/mol. The maximum Gasteiger partial charge on any atom is 0.347 e. The third-order valence-corrected chi connectivity index (χ3v) is 25.7. The molecule has 148 heavy (non-hydrogen) atoms. The van der Waals surface area contributed by atoms with E-state index in [-0.39, 0.29) is 129 Å². The van der Waals surface area contributed by atoms with Crippen molar-refractivity contribution in [2.75, 3.05) is 179 Å². The molecule has 37 heteroatoms. The van der Waals surface area contributed by atoms with Crippen LogP contribution in [0.1, 0.15) is 235 Å². The molecular formula is C111H148N16O21. The van der Waals surface area contributed by atoms with Crippen molar-refractivity contribution in [2.24, 2.45) is 0 Å². The van der Waals surface area contributed by atoms with Gasteiger partial charge < -0.3 is 120 Å². The van der Waals surface area contributed by atoms with Crippen LogP contribution < -0.4 is 61.5 Å². The summed E-state index contributed by atoms with van der Waals surface area (Å²) in [5.41, 5.74) is 18.5. The number of aryl methyl sites for hydroxylation is 4. The van der Waals surface area contributed by atoms with Crippen LogP contribution in [0.15, 0.2) is 72.8 Å². The van der Waals surface area contributed by atoms with Crippen LogP contribution in [0.3, 0.4) is 0 Å². The zero-order valence-corrected chi connectivity index (χ0v) is 89.8. The lowest BCUT2D eigenvalue weighted by molar-refractivity contribution is -0.159. The first-order valence-electron chi connectivity index (χ1n) is 50.6. The number of aromatic nitrogens is 4. The zero-order chi connectivity index (χ0) is 108. The number of Topliss-reactive ketones (excluding diaryl/α,β-unsaturated/α-hetero) is 4. The predicted molar refractivity (Wildman–Crippen MR) is 575 cm³/mol. The summed E-state index contributed by atoms with van der Waals surface area (Å²) < 4.78 is 44.1. The van der Waals surface area contributed by atoms with Gasteiger partial charge in [0, 0.05) is 143 Å². The van der Waals surface area contributed by atoms with E-state index in [2.05, 4.69) is 137 Å². The standard InChI is InChI=1S/C29H38N4O6.C28H38N4O5.2C27H36N4O5/c1-8-33(9-2)13-12-30-28(36)26-16(3)25(31-17(26)4)15-23-22-14-21(10-11-24(22)32-27(23)35)38-20(7)29(37)39-19(6)18(5)34;1-7-32(8-2)12-11-29-28(35)26-19(5)25(30-20(26)6)14-23-22-13-21(9-10-24(22)31-27(23)34)37-16-18(4)36-15-17(3)33;2*1-6-31(7-2)11-10-28-27(34)25-18(4)24(29-19(25)5)15-22-21-14-20(8-9-23(21)30-26(22)33)36-13-12-35-16-17(3)32/h10-11,14-15,19-20,31H,8-9,12-13H2,1-7H3,(H,30,36)(H,32,35);9-10,13-14,18,30H,7-8,11-12,15-16H2,1-6H3,(H,29,35)(H,31,34);2*8-9,14-15,29H,6-7,10-13,16H2,1-5H3,(H,28,34)(H,30,33)/b23-15-;23-14-;2*22-15-. The number of H-pyrrole nitrogens is 4. The van der Waals surface area contributed by atoms with Crippen molar-refractivity contribution in [3.63, 3.8) is 0 Å². The van der Waals surface area contributed by atoms with Gasteiger partial charge in [0.1, 0.15) is 62.6 Å². The molecule has 798 valence electrons. The van der Waals surface area contributed by atoms with Crippen molar-refractivity contribution >= 4 is 146 Å². The number of anilines is 4. The second-order valence-corrected chi connectivity index (χ2v) is 36.5. The van der Waals surface area contributed by atoms with Crippen molar-refractivity contribution in [2.45, 2.75) is 178 Å². The number of nitrogens with zero attached hydrogens (tertiary/aromatic N) is 4. The summed E-state index contributed by atoms with van der Waals surface area (Å²) in [6.45, 7) is 56.8. The molecule has 4 aromatic carbocycles. The SMILES string of the molecule is CCN(CC)CCNC(=O)c1c(C)[nH]c(/C=C2\C(=O)Nc3ccc(OC(C)C(=O)OC(C)C(C)=O)cc32)c1C.CCN(CC)CCNC(=O)c1c(C)[nH]c(/C=C2\C(=O)Nc3ccc(OCC(C)OCC(C)=O)cc32)c1C.CCN(CC)CCNC(=O)c1c(C)[nH]c(/C=C2\C(=O)Nc3ccc(OCCOCC(C)=O)cc32)c1C.CCN(CC)CCNC(=O)c1c(C)[nH]c(/C=C2\C(=O)Nc3ccc(OCCOCC(C)=O)cc32)c1C. The molecule has 0 saturated heterocycles. The molecule has 3 unspecified atom stereocenters. The molecule has 8 aromatic rings. The van der Waals surface area contributed by atoms with Crippen LogP contribution in [0.2, 0.25) is 0 Å². The van der Waals surface area contributed by atoms with Crippen LogP contribution in [-0.2, 0) is 62.1 Å². The highest BCUT2D eigenvalue weighted by Gasteiger charge is 2.34. The highest BCUT2D eigenvalue weighted by Crippen LogP contribution is 2.42. The molecule has 8 heterocycles. The Bertz CT molecular complexity index is 6070. The third-order valence-electron chi connectivity index (χ3n) is 25.7. The fourth-order valence-corrected chi connectivity index (χ4v) is 17.0. The molecule has 0 bridgehead atoms. The van der Waals surface area contributed by atoms with Crippen LogP contribution in [0, 0.1) is 55.4 Å². The number of amides is 8. The Morgan fingerprint density at radius 3 is 0.872 bits per heavy atom. The van der Waals surface area contributed by atoms with E-state index < -0.39 is 18.2 Å². The third kappa shape index (κ3) is 32.4. The number of hydrogen-bond donors (Lipinski definition) is 12. The van der Waals surface area contributed by atoms with Gasteiger partial charge in [0.05, 0.1) is 63.9 Å². The molecule has 12 N–H and O–H groups in total. The molecule has 0 spiro atoms. The van der Waals surface area contributed by atoms with E-state index in [0.717, 1.165) is 135 Å². The molecule has 4 aliphatic heterocycles. The van der Waals surface area contributed by atoms with Crippen LogP contribution in [0.5, 0.6) is 23.0 Å². The van der Waals surface area contributed by atoms with Crippen molar-refractivity contribution in [1.29, 1.82) is 0 Å². The number of aromatic amines is 4. The monoisotopic (exact) mass is 2040 g/mol. The maximum absolute atomic E-state index is 12.9. The minimum Gasteiger partial charge on any atom is -0.491 e. The van der Waals surface area contributed by atoms with Crippen molar-refractivity contribution < 1.29 is 100 Å². The highest BCUT2D eigenvalue weighted by molar-refractivity contribution is 6.37. The number of fused-ring (bicyclic) bond motifs is 4. The Morgan fingerprint density at radius 2 is 0.608 bits per heavy atom. The summed E-state index contributed by atoms with van der Waals surface area (Å²) in [7, 11) is 0. The number of likely N-dealkylation sites (N-methyl/N-ethyl adjacent to an activating group) is 4. The van der Waals surface area contributed by atoms with Crippen LogP contribution >= 0.6 is 0 Å². The van der Waals surface area contributed by atoms with Crippen LogP contribution in [0.4, 0.5) is 22.7 Å². The minimum atomic E-state index is -0.960. The molecule has 3 atom stereocenters. The number of hydrogen-bond acceptors (Lipinski definition) is 25. The maximum atomic E-state index is 12.9. The number of benzene rings is 4. The Kier molecular flexibility index (Phi) is 44.9. The second kappa shape index (κ2) is 56.6. The predicted octanol–water partition coefficient (Wildman–Crippen LogP) is 13.4. The van der Waals surface area contributed by atoms with Gasteiger partial charge in [-0.1, -0.05) is 55.4 Å². The normalized spacial score (nSPS) is 14.3. The van der Waals surface area contributed by atoms with Gasteiger partial charge in [-0.2, -0.15) is 0 Å². The summed E-state index contributed by atoms with van der Waals surface area (Å²) in [5.74, 6) is -0.401. The number of rotatable bonds is 51. The highest BCUT2D eigenvalue weighted by atomic mass is 16.6. The first kappa shape index (κ1) is 117. The van der Waals surface area contributed by atoms with Crippen LogP contribution in [0.25, 0.3) is 46.6 Å². The van der Waals surface area contributed by atoms with Crippen molar-refractivity contribution in [3.05, 3.63) is 185 Å². The number of carbonyl (C=O) groups is 13. The van der Waals surface area contributed by atoms with Gasteiger partial charge in [-0.15, -0.1) is 0 Å². The average Bonchev–Trinajstić information content (AvgIpc) is 1.67. The van der Waals surface area contributed by atoms with Crippen molar-refractivity contribution in [1.82, 2.24) is 60.8 Å². The van der Waals surface area contributed by atoms with E-state index in [1.54, 1.807) is 91.0 Å². The van der Waals surface area contributed by atoms with Gasteiger partial charge in [-0.05, 0) is 276 Å². The fraction of sp³-hybridized carbons (Fsp3) is 0.450. The Hall–Kier alpha value is -14.2. The van der Waals surface area contributed by atoms with Gasteiger partial charge >= 0.3 is 5.97 Å². The van der Waals surface area contributed by atoms with E-state index in [0.29, 0.717) is 151 Å². The number of ketones is 4. The summed E-state index contributed by atoms with van der Waals surface area (Å²) in [5, 5.41) is 23.5. The topological polar surface area (TPSA) is 468 Å². The molecule has 12 rings (SSSR count). The van der Waals surface area contributed by atoms with Gasteiger partial charge in [0.15, 0.2) is 35.3 Å². The first-order chi connectivity index (χ1) is 70.6.